The fraction of sp³-hybridized carbons (Fsp3) is 0.444. The number of aliphatic hydroxyl groups is 1. The second kappa shape index (κ2) is 4.59. The van der Waals surface area contributed by atoms with E-state index in [1.54, 1.807) is 13.0 Å². The predicted octanol–water partition coefficient (Wildman–Crippen LogP) is 1.12. The van der Waals surface area contributed by atoms with Gasteiger partial charge in [-0.05, 0) is 6.92 Å². The van der Waals surface area contributed by atoms with Crippen LogP contribution in [0.4, 0.5) is 0 Å². The lowest BCUT2D eigenvalue weighted by Gasteiger charge is -2.14. The molecule has 1 rings (SSSR count). The molecule has 0 aliphatic heterocycles. The second-order valence-corrected chi connectivity index (χ2v) is 3.45. The molecule has 2 unspecified atom stereocenters. The summed E-state index contributed by atoms with van der Waals surface area (Å²) in [6.45, 7) is 1.70. The Morgan fingerprint density at radius 3 is 2.79 bits per heavy atom. The number of pyridine rings is 1. The maximum Gasteiger partial charge on any atom is 0.140 e. The standard InChI is InChI=1S/C9H13ClN2O2/c1-5(11)9(13)7-3-8(14-2)6(10)4-12-7/h3-5,9,13H,11H2,1-2H3. The zero-order chi connectivity index (χ0) is 10.7. The monoisotopic (exact) mass is 216 g/mol. The van der Waals surface area contributed by atoms with Gasteiger partial charge in [0.1, 0.15) is 16.9 Å². The van der Waals surface area contributed by atoms with Crippen molar-refractivity contribution < 1.29 is 9.84 Å². The third kappa shape index (κ3) is 2.35. The molecule has 0 saturated carbocycles. The van der Waals surface area contributed by atoms with E-state index in [1.165, 1.54) is 13.3 Å². The molecule has 1 heterocycles. The summed E-state index contributed by atoms with van der Waals surface area (Å²) in [6.07, 6.45) is 0.627. The van der Waals surface area contributed by atoms with E-state index < -0.39 is 6.10 Å². The number of hydrogen-bond donors (Lipinski definition) is 2. The molecule has 0 aliphatic rings. The molecule has 0 saturated heterocycles. The van der Waals surface area contributed by atoms with Crippen LogP contribution in [0, 0.1) is 0 Å². The Labute approximate surface area is 87.7 Å². The van der Waals surface area contributed by atoms with Crippen molar-refractivity contribution >= 4 is 11.6 Å². The van der Waals surface area contributed by atoms with Crippen molar-refractivity contribution in [1.29, 1.82) is 0 Å². The molecule has 0 aliphatic carbocycles. The van der Waals surface area contributed by atoms with Crippen LogP contribution in [0.25, 0.3) is 0 Å². The zero-order valence-electron chi connectivity index (χ0n) is 8.07. The van der Waals surface area contributed by atoms with Crippen LogP contribution in [-0.2, 0) is 0 Å². The van der Waals surface area contributed by atoms with Gasteiger partial charge in [-0.2, -0.15) is 0 Å². The molecule has 0 radical (unpaired) electrons. The van der Waals surface area contributed by atoms with Crippen LogP contribution in [0.15, 0.2) is 12.3 Å². The molecule has 78 valence electrons. The molecule has 0 fully saturated rings. The lowest BCUT2D eigenvalue weighted by Crippen LogP contribution is -2.25. The van der Waals surface area contributed by atoms with Crippen LogP contribution < -0.4 is 10.5 Å². The third-order valence-corrected chi connectivity index (χ3v) is 2.15. The average Bonchev–Trinajstić information content (AvgIpc) is 2.17. The van der Waals surface area contributed by atoms with Gasteiger partial charge >= 0.3 is 0 Å². The molecule has 2 atom stereocenters. The molecule has 4 nitrogen and oxygen atoms in total. The lowest BCUT2D eigenvalue weighted by molar-refractivity contribution is 0.148. The van der Waals surface area contributed by atoms with E-state index in [1.807, 2.05) is 0 Å². The van der Waals surface area contributed by atoms with E-state index in [9.17, 15) is 5.11 Å². The maximum atomic E-state index is 9.62. The summed E-state index contributed by atoms with van der Waals surface area (Å²) >= 11 is 5.78. The minimum Gasteiger partial charge on any atom is -0.495 e. The smallest absolute Gasteiger partial charge is 0.140 e. The first-order valence-corrected chi connectivity index (χ1v) is 4.57. The Balaban J connectivity index is 3.00. The van der Waals surface area contributed by atoms with Gasteiger partial charge in [-0.3, -0.25) is 4.98 Å². The first kappa shape index (κ1) is 11.2. The van der Waals surface area contributed by atoms with Crippen molar-refractivity contribution in [2.45, 2.75) is 19.1 Å². The lowest BCUT2D eigenvalue weighted by atomic mass is 10.1. The summed E-state index contributed by atoms with van der Waals surface area (Å²) < 4.78 is 4.99. The molecule has 0 spiro atoms. The first-order chi connectivity index (χ1) is 6.56. The number of rotatable bonds is 3. The minimum absolute atomic E-state index is 0.381. The fourth-order valence-corrected chi connectivity index (χ4v) is 1.20. The molecule has 0 bridgehead atoms. The number of nitrogens with two attached hydrogens (primary N) is 1. The van der Waals surface area contributed by atoms with E-state index in [2.05, 4.69) is 4.98 Å². The number of hydrogen-bond acceptors (Lipinski definition) is 4. The Bertz CT molecular complexity index is 318. The predicted molar refractivity (Wildman–Crippen MR) is 54.4 cm³/mol. The van der Waals surface area contributed by atoms with Gasteiger partial charge in [0.25, 0.3) is 0 Å². The summed E-state index contributed by atoms with van der Waals surface area (Å²) in [5.74, 6) is 0.483. The van der Waals surface area contributed by atoms with Crippen LogP contribution in [0.3, 0.4) is 0 Å². The molecule has 14 heavy (non-hydrogen) atoms. The number of halogens is 1. The van der Waals surface area contributed by atoms with Crippen molar-refractivity contribution in [3.63, 3.8) is 0 Å². The highest BCUT2D eigenvalue weighted by molar-refractivity contribution is 6.31. The van der Waals surface area contributed by atoms with E-state index in [0.717, 1.165) is 0 Å². The second-order valence-electron chi connectivity index (χ2n) is 3.05. The molecule has 3 N–H and O–H groups in total. The highest BCUT2D eigenvalue weighted by Crippen LogP contribution is 2.26. The van der Waals surface area contributed by atoms with Gasteiger partial charge in [0.05, 0.1) is 12.8 Å². The van der Waals surface area contributed by atoms with Gasteiger partial charge in [0.15, 0.2) is 0 Å². The van der Waals surface area contributed by atoms with Gasteiger partial charge in [-0.15, -0.1) is 0 Å². The third-order valence-electron chi connectivity index (χ3n) is 1.86. The number of ether oxygens (including phenoxy) is 1. The van der Waals surface area contributed by atoms with Crippen LogP contribution in [0.2, 0.25) is 5.02 Å². The van der Waals surface area contributed by atoms with Crippen molar-refractivity contribution in [2.75, 3.05) is 7.11 Å². The van der Waals surface area contributed by atoms with E-state index in [4.69, 9.17) is 22.1 Å². The molecular formula is C9H13ClN2O2. The normalized spacial score (nSPS) is 14.9. The fourth-order valence-electron chi connectivity index (χ4n) is 1.02. The van der Waals surface area contributed by atoms with Crippen LogP contribution in [-0.4, -0.2) is 23.2 Å². The number of aromatic nitrogens is 1. The Kier molecular flexibility index (Phi) is 3.69. The molecule has 0 amide bonds. The van der Waals surface area contributed by atoms with E-state index in [0.29, 0.717) is 16.5 Å². The number of methoxy groups -OCH3 is 1. The molecule has 5 heteroatoms. The van der Waals surface area contributed by atoms with Gasteiger partial charge in [0, 0.05) is 18.3 Å². The molecular weight excluding hydrogens is 204 g/mol. The SMILES string of the molecule is COc1cc(C(O)C(C)N)ncc1Cl. The van der Waals surface area contributed by atoms with Gasteiger partial charge in [-0.1, -0.05) is 11.6 Å². The van der Waals surface area contributed by atoms with Gasteiger partial charge in [0.2, 0.25) is 0 Å². The first-order valence-electron chi connectivity index (χ1n) is 4.19. The molecule has 1 aromatic heterocycles. The highest BCUT2D eigenvalue weighted by atomic mass is 35.5. The molecule has 0 aromatic carbocycles. The largest absolute Gasteiger partial charge is 0.495 e. The van der Waals surface area contributed by atoms with Crippen molar-refractivity contribution in [3.05, 3.63) is 23.0 Å². The average molecular weight is 217 g/mol. The van der Waals surface area contributed by atoms with Crippen LogP contribution in [0.5, 0.6) is 5.75 Å². The zero-order valence-corrected chi connectivity index (χ0v) is 8.82. The topological polar surface area (TPSA) is 68.4 Å². The number of aliphatic hydroxyl groups excluding tert-OH is 1. The molecule has 1 aromatic rings. The van der Waals surface area contributed by atoms with Gasteiger partial charge in [-0.25, -0.2) is 0 Å². The summed E-state index contributed by atoms with van der Waals surface area (Å²) in [7, 11) is 1.50. The van der Waals surface area contributed by atoms with E-state index >= 15 is 0 Å². The highest BCUT2D eigenvalue weighted by Gasteiger charge is 2.15. The Hall–Kier alpha value is -0.840. The summed E-state index contributed by atoms with van der Waals surface area (Å²) in [6, 6.07) is 1.20. The summed E-state index contributed by atoms with van der Waals surface area (Å²) in [4.78, 5) is 3.97. The Morgan fingerprint density at radius 1 is 1.64 bits per heavy atom. The van der Waals surface area contributed by atoms with Crippen LogP contribution >= 0.6 is 11.6 Å². The summed E-state index contributed by atoms with van der Waals surface area (Å²) in [5, 5.41) is 10.0. The van der Waals surface area contributed by atoms with Crippen molar-refractivity contribution in [3.8, 4) is 5.75 Å². The Morgan fingerprint density at radius 2 is 2.29 bits per heavy atom. The van der Waals surface area contributed by atoms with Crippen molar-refractivity contribution in [1.82, 2.24) is 4.98 Å². The van der Waals surface area contributed by atoms with Gasteiger partial charge < -0.3 is 15.6 Å². The van der Waals surface area contributed by atoms with E-state index in [-0.39, 0.29) is 6.04 Å². The quantitative estimate of drug-likeness (QED) is 0.795. The maximum absolute atomic E-state index is 9.62. The summed E-state index contributed by atoms with van der Waals surface area (Å²) in [5.41, 5.74) is 5.99. The number of nitrogens with zero attached hydrogens (tertiary/aromatic N) is 1. The van der Waals surface area contributed by atoms with Crippen LogP contribution in [0.1, 0.15) is 18.7 Å². The minimum atomic E-state index is -0.804. The van der Waals surface area contributed by atoms with Crippen molar-refractivity contribution in [2.24, 2.45) is 5.73 Å².